The second-order valence-corrected chi connectivity index (χ2v) is 5.82. The molecule has 21 heavy (non-hydrogen) atoms. The van der Waals surface area contributed by atoms with Crippen molar-refractivity contribution in [3.05, 3.63) is 70.5 Å². The van der Waals surface area contributed by atoms with Crippen LogP contribution in [0, 0.1) is 4.77 Å². The number of fused-ring (bicyclic) bond motifs is 1. The molecule has 0 aliphatic heterocycles. The Labute approximate surface area is 128 Å². The lowest BCUT2D eigenvalue weighted by atomic mass is 9.77. The van der Waals surface area contributed by atoms with Crippen LogP contribution in [-0.2, 0) is 13.0 Å². The van der Waals surface area contributed by atoms with E-state index in [1.54, 1.807) is 0 Å². The molecule has 1 aliphatic carbocycles. The maximum Gasteiger partial charge on any atom is 0.195 e. The van der Waals surface area contributed by atoms with E-state index in [4.69, 9.17) is 12.2 Å². The molecule has 0 saturated carbocycles. The minimum Gasteiger partial charge on any atom is -0.300 e. The Kier molecular flexibility index (Phi) is 2.97. The van der Waals surface area contributed by atoms with Crippen molar-refractivity contribution in [3.63, 3.8) is 0 Å². The van der Waals surface area contributed by atoms with Crippen LogP contribution in [0.1, 0.15) is 17.0 Å². The molecule has 1 aromatic heterocycles. The molecular weight excluding hydrogens is 278 g/mol. The van der Waals surface area contributed by atoms with Gasteiger partial charge in [-0.1, -0.05) is 54.6 Å². The highest BCUT2D eigenvalue weighted by Gasteiger charge is 2.26. The summed E-state index contributed by atoms with van der Waals surface area (Å²) in [4.78, 5) is 0. The van der Waals surface area contributed by atoms with Crippen LogP contribution < -0.4 is 0 Å². The Morgan fingerprint density at radius 3 is 2.67 bits per heavy atom. The smallest absolute Gasteiger partial charge is 0.195 e. The summed E-state index contributed by atoms with van der Waals surface area (Å²) in [6.45, 7) is 0.885. The summed E-state index contributed by atoms with van der Waals surface area (Å²) in [6.07, 6.45) is 1.12. The van der Waals surface area contributed by atoms with Crippen LogP contribution in [0.5, 0.6) is 0 Å². The van der Waals surface area contributed by atoms with Crippen LogP contribution in [-0.4, -0.2) is 14.8 Å². The van der Waals surface area contributed by atoms with Crippen molar-refractivity contribution in [1.82, 2.24) is 14.8 Å². The van der Waals surface area contributed by atoms with Gasteiger partial charge in [-0.3, -0.25) is 9.67 Å². The van der Waals surface area contributed by atoms with Crippen LogP contribution in [0.15, 0.2) is 54.6 Å². The van der Waals surface area contributed by atoms with Gasteiger partial charge in [0.25, 0.3) is 0 Å². The largest absolute Gasteiger partial charge is 0.300 e. The van der Waals surface area contributed by atoms with Crippen molar-refractivity contribution >= 4 is 12.2 Å². The molecule has 104 valence electrons. The Hall–Kier alpha value is -2.20. The Morgan fingerprint density at radius 1 is 1.10 bits per heavy atom. The SMILES string of the molecule is S=c1[nH]nc(-c2ccccc2)n1CC1Cc2ccccc21. The highest BCUT2D eigenvalue weighted by Crippen LogP contribution is 2.36. The van der Waals surface area contributed by atoms with Gasteiger partial charge in [0, 0.05) is 18.0 Å². The number of nitrogens with one attached hydrogen (secondary N) is 1. The number of aromatic amines is 1. The molecule has 2 aromatic carbocycles. The van der Waals surface area contributed by atoms with Gasteiger partial charge in [-0.25, -0.2) is 0 Å². The van der Waals surface area contributed by atoms with E-state index in [2.05, 4.69) is 51.2 Å². The molecule has 4 heteroatoms. The first-order valence-corrected chi connectivity index (χ1v) is 7.52. The minimum atomic E-state index is 0.535. The number of H-pyrrole nitrogens is 1. The molecule has 3 nitrogen and oxygen atoms in total. The van der Waals surface area contributed by atoms with Crippen molar-refractivity contribution in [2.45, 2.75) is 18.9 Å². The number of benzene rings is 2. The molecule has 0 fully saturated rings. The number of nitrogens with zero attached hydrogens (tertiary/aromatic N) is 2. The predicted octanol–water partition coefficient (Wildman–Crippen LogP) is 3.95. The van der Waals surface area contributed by atoms with Crippen LogP contribution in [0.3, 0.4) is 0 Å². The molecule has 1 unspecified atom stereocenters. The zero-order valence-electron chi connectivity index (χ0n) is 11.5. The van der Waals surface area contributed by atoms with Gasteiger partial charge < -0.3 is 0 Å². The highest BCUT2D eigenvalue weighted by molar-refractivity contribution is 7.71. The normalized spacial score (nSPS) is 16.3. The molecule has 1 N–H and O–H groups in total. The van der Waals surface area contributed by atoms with E-state index in [9.17, 15) is 0 Å². The molecule has 1 atom stereocenters. The van der Waals surface area contributed by atoms with E-state index in [1.807, 2.05) is 18.2 Å². The van der Waals surface area contributed by atoms with Gasteiger partial charge in [-0.05, 0) is 29.8 Å². The minimum absolute atomic E-state index is 0.535. The van der Waals surface area contributed by atoms with Crippen molar-refractivity contribution in [2.75, 3.05) is 0 Å². The number of aromatic nitrogens is 3. The van der Waals surface area contributed by atoms with E-state index < -0.39 is 0 Å². The van der Waals surface area contributed by atoms with Crippen molar-refractivity contribution < 1.29 is 0 Å². The molecular formula is C17H15N3S. The van der Waals surface area contributed by atoms with Gasteiger partial charge in [0.1, 0.15) is 0 Å². The lowest BCUT2D eigenvalue weighted by molar-refractivity contribution is 0.507. The van der Waals surface area contributed by atoms with Crippen molar-refractivity contribution in [3.8, 4) is 11.4 Å². The standard InChI is InChI=1S/C17H15N3S/c21-17-19-18-16(12-6-2-1-3-7-12)20(17)11-14-10-13-8-4-5-9-15(13)14/h1-9,14H,10-11H2,(H,19,21). The van der Waals surface area contributed by atoms with Gasteiger partial charge >= 0.3 is 0 Å². The first-order valence-electron chi connectivity index (χ1n) is 7.11. The Balaban J connectivity index is 1.68. The first-order chi connectivity index (χ1) is 10.3. The van der Waals surface area contributed by atoms with E-state index in [0.717, 1.165) is 24.4 Å². The van der Waals surface area contributed by atoms with Gasteiger partial charge in [-0.2, -0.15) is 5.10 Å². The summed E-state index contributed by atoms with van der Waals surface area (Å²) in [7, 11) is 0. The molecule has 0 bridgehead atoms. The van der Waals surface area contributed by atoms with Crippen LogP contribution in [0.4, 0.5) is 0 Å². The average Bonchev–Trinajstić information content (AvgIpc) is 2.87. The zero-order valence-corrected chi connectivity index (χ0v) is 12.3. The van der Waals surface area contributed by atoms with Crippen LogP contribution in [0.2, 0.25) is 0 Å². The van der Waals surface area contributed by atoms with Gasteiger partial charge in [0.05, 0.1) is 0 Å². The third-order valence-electron chi connectivity index (χ3n) is 4.15. The summed E-state index contributed by atoms with van der Waals surface area (Å²) >= 11 is 5.41. The molecule has 3 aromatic rings. The van der Waals surface area contributed by atoms with Gasteiger partial charge in [0.15, 0.2) is 10.6 Å². The second-order valence-electron chi connectivity index (χ2n) is 5.43. The summed E-state index contributed by atoms with van der Waals surface area (Å²) in [5, 5.41) is 7.33. The third-order valence-corrected chi connectivity index (χ3v) is 4.47. The maximum absolute atomic E-state index is 5.41. The van der Waals surface area contributed by atoms with E-state index in [0.29, 0.717) is 10.7 Å². The number of rotatable bonds is 3. The zero-order chi connectivity index (χ0) is 14.2. The molecule has 0 spiro atoms. The summed E-state index contributed by atoms with van der Waals surface area (Å²) in [5.74, 6) is 1.46. The van der Waals surface area contributed by atoms with Gasteiger partial charge in [-0.15, -0.1) is 0 Å². The summed E-state index contributed by atoms with van der Waals surface area (Å²) < 4.78 is 2.81. The fraction of sp³-hybridized carbons (Fsp3) is 0.176. The van der Waals surface area contributed by atoms with Crippen molar-refractivity contribution in [1.29, 1.82) is 0 Å². The number of hydrogen-bond donors (Lipinski definition) is 1. The average molecular weight is 293 g/mol. The quantitative estimate of drug-likeness (QED) is 0.742. The monoisotopic (exact) mass is 293 g/mol. The lowest BCUT2D eigenvalue weighted by Crippen LogP contribution is -2.22. The molecule has 0 radical (unpaired) electrons. The van der Waals surface area contributed by atoms with Crippen LogP contribution in [0.25, 0.3) is 11.4 Å². The van der Waals surface area contributed by atoms with E-state index in [1.165, 1.54) is 11.1 Å². The van der Waals surface area contributed by atoms with Gasteiger partial charge in [0.2, 0.25) is 0 Å². The molecule has 0 amide bonds. The second kappa shape index (κ2) is 4.97. The molecule has 0 saturated heterocycles. The van der Waals surface area contributed by atoms with E-state index in [-0.39, 0.29) is 0 Å². The molecule has 4 rings (SSSR count). The third kappa shape index (κ3) is 2.12. The predicted molar refractivity (Wildman–Crippen MR) is 85.7 cm³/mol. The lowest BCUT2D eigenvalue weighted by Gasteiger charge is -2.30. The van der Waals surface area contributed by atoms with E-state index >= 15 is 0 Å². The number of hydrogen-bond acceptors (Lipinski definition) is 2. The van der Waals surface area contributed by atoms with Crippen molar-refractivity contribution in [2.24, 2.45) is 0 Å². The summed E-state index contributed by atoms with van der Waals surface area (Å²) in [5.41, 5.74) is 4.00. The molecule has 1 heterocycles. The molecule has 1 aliphatic rings. The fourth-order valence-electron chi connectivity index (χ4n) is 3.04. The van der Waals surface area contributed by atoms with Crippen LogP contribution >= 0.6 is 12.2 Å². The maximum atomic E-state index is 5.41. The Bertz CT molecular complexity index is 832. The highest BCUT2D eigenvalue weighted by atomic mass is 32.1. The fourth-order valence-corrected chi connectivity index (χ4v) is 3.25. The first kappa shape index (κ1) is 12.5. The summed E-state index contributed by atoms with van der Waals surface area (Å²) in [6, 6.07) is 18.8. The topological polar surface area (TPSA) is 33.6 Å². The Morgan fingerprint density at radius 2 is 1.86 bits per heavy atom.